The van der Waals surface area contributed by atoms with E-state index in [9.17, 15) is 27.2 Å². The van der Waals surface area contributed by atoms with Crippen molar-refractivity contribution < 1.29 is 31.9 Å². The van der Waals surface area contributed by atoms with Crippen LogP contribution in [0.3, 0.4) is 0 Å². The van der Waals surface area contributed by atoms with Crippen molar-refractivity contribution in [1.82, 2.24) is 9.88 Å². The number of ether oxygens (including phenoxy) is 1. The van der Waals surface area contributed by atoms with Crippen LogP contribution in [0.25, 0.3) is 0 Å². The number of amides is 2. The standard InChI is InChI=1S/C14H15F4N3O3/c1-21-6-8(4-11(21)22)12(23)20-9-2-3-10(19-5-9)24-7-14(17,18)13(15)16/h2-3,5,8,13H,4,6-7H2,1H3,(H,20,23)/t8-/m1/s1. The Morgan fingerprint density at radius 2 is 2.21 bits per heavy atom. The molecule has 2 rings (SSSR count). The predicted molar refractivity (Wildman–Crippen MR) is 75.1 cm³/mol. The van der Waals surface area contributed by atoms with Crippen LogP contribution >= 0.6 is 0 Å². The number of aromatic nitrogens is 1. The minimum absolute atomic E-state index is 0.111. The summed E-state index contributed by atoms with van der Waals surface area (Å²) in [5.74, 6) is -5.52. The molecule has 0 saturated carbocycles. The molecule has 132 valence electrons. The number of nitrogens with one attached hydrogen (secondary N) is 1. The van der Waals surface area contributed by atoms with E-state index in [-0.39, 0.29) is 29.8 Å². The molecule has 2 amide bonds. The number of anilines is 1. The van der Waals surface area contributed by atoms with E-state index in [0.29, 0.717) is 6.54 Å². The molecule has 0 aromatic carbocycles. The molecule has 1 atom stereocenters. The third-order valence-electron chi connectivity index (χ3n) is 3.45. The average molecular weight is 349 g/mol. The topological polar surface area (TPSA) is 71.5 Å². The van der Waals surface area contributed by atoms with Crippen LogP contribution in [0.5, 0.6) is 5.88 Å². The zero-order valence-corrected chi connectivity index (χ0v) is 12.6. The molecule has 1 aliphatic rings. The second-order valence-corrected chi connectivity index (χ2v) is 5.40. The summed E-state index contributed by atoms with van der Waals surface area (Å²) in [6.45, 7) is -1.19. The number of halogens is 4. The van der Waals surface area contributed by atoms with Crippen LogP contribution in [-0.4, -0.2) is 54.2 Å². The van der Waals surface area contributed by atoms with Crippen molar-refractivity contribution in [3.63, 3.8) is 0 Å². The van der Waals surface area contributed by atoms with Crippen molar-refractivity contribution in [1.29, 1.82) is 0 Å². The van der Waals surface area contributed by atoms with Crippen molar-refractivity contribution >= 4 is 17.5 Å². The summed E-state index contributed by atoms with van der Waals surface area (Å²) in [4.78, 5) is 28.5. The number of pyridine rings is 1. The van der Waals surface area contributed by atoms with Crippen LogP contribution < -0.4 is 10.1 Å². The maximum Gasteiger partial charge on any atom is 0.340 e. The molecule has 1 N–H and O–H groups in total. The number of alkyl halides is 4. The molecule has 10 heteroatoms. The van der Waals surface area contributed by atoms with Gasteiger partial charge in [-0.2, -0.15) is 8.78 Å². The van der Waals surface area contributed by atoms with Gasteiger partial charge in [0.25, 0.3) is 0 Å². The quantitative estimate of drug-likeness (QED) is 0.795. The number of rotatable bonds is 6. The molecular weight excluding hydrogens is 334 g/mol. The minimum atomic E-state index is -4.27. The molecule has 1 saturated heterocycles. The van der Waals surface area contributed by atoms with Gasteiger partial charge in [-0.15, -0.1) is 0 Å². The van der Waals surface area contributed by atoms with Gasteiger partial charge in [0, 0.05) is 26.1 Å². The van der Waals surface area contributed by atoms with Gasteiger partial charge in [-0.05, 0) is 6.07 Å². The zero-order chi connectivity index (χ0) is 17.9. The van der Waals surface area contributed by atoms with Crippen LogP contribution in [0.2, 0.25) is 0 Å². The van der Waals surface area contributed by atoms with E-state index in [2.05, 4.69) is 15.0 Å². The molecular formula is C14H15F4N3O3. The average Bonchev–Trinajstić information content (AvgIpc) is 2.86. The predicted octanol–water partition coefficient (Wildman–Crippen LogP) is 1.78. The van der Waals surface area contributed by atoms with Gasteiger partial charge in [0.05, 0.1) is 17.8 Å². The molecule has 6 nitrogen and oxygen atoms in total. The maximum atomic E-state index is 12.7. The second-order valence-electron chi connectivity index (χ2n) is 5.40. The van der Waals surface area contributed by atoms with E-state index in [1.165, 1.54) is 17.0 Å². The monoisotopic (exact) mass is 349 g/mol. The molecule has 1 aromatic heterocycles. The molecule has 1 fully saturated rings. The van der Waals surface area contributed by atoms with E-state index in [0.717, 1.165) is 6.20 Å². The normalized spacial score (nSPS) is 18.2. The minimum Gasteiger partial charge on any atom is -0.471 e. The summed E-state index contributed by atoms with van der Waals surface area (Å²) in [6.07, 6.45) is -2.57. The third-order valence-corrected chi connectivity index (χ3v) is 3.45. The summed E-state index contributed by atoms with van der Waals surface area (Å²) in [6, 6.07) is 2.50. The molecule has 0 bridgehead atoms. The molecule has 2 heterocycles. The Morgan fingerprint density at radius 3 is 2.71 bits per heavy atom. The summed E-state index contributed by atoms with van der Waals surface area (Å²) >= 11 is 0. The number of carbonyl (C=O) groups excluding carboxylic acids is 2. The van der Waals surface area contributed by atoms with E-state index < -0.39 is 24.9 Å². The zero-order valence-electron chi connectivity index (χ0n) is 12.6. The van der Waals surface area contributed by atoms with Gasteiger partial charge in [-0.3, -0.25) is 9.59 Å². The van der Waals surface area contributed by atoms with Gasteiger partial charge in [0.15, 0.2) is 6.61 Å². The Kier molecular flexibility index (Phi) is 5.25. The highest BCUT2D eigenvalue weighted by molar-refractivity contribution is 5.97. The van der Waals surface area contributed by atoms with E-state index in [4.69, 9.17) is 0 Å². The van der Waals surface area contributed by atoms with Gasteiger partial charge >= 0.3 is 12.3 Å². The van der Waals surface area contributed by atoms with Crippen LogP contribution in [0.15, 0.2) is 18.3 Å². The lowest BCUT2D eigenvalue weighted by atomic mass is 10.1. The molecule has 0 radical (unpaired) electrons. The highest BCUT2D eigenvalue weighted by atomic mass is 19.3. The summed E-state index contributed by atoms with van der Waals surface area (Å²) < 4.78 is 54.0. The summed E-state index contributed by atoms with van der Waals surface area (Å²) in [7, 11) is 1.60. The first-order valence-corrected chi connectivity index (χ1v) is 6.98. The van der Waals surface area contributed by atoms with Crippen LogP contribution in [0, 0.1) is 5.92 Å². The SMILES string of the molecule is CN1C[C@H](C(=O)Nc2ccc(OCC(F)(F)C(F)F)nc2)CC1=O. The number of hydrogen-bond acceptors (Lipinski definition) is 4. The molecule has 1 aromatic rings. The molecule has 0 unspecified atom stereocenters. The Bertz CT molecular complexity index is 610. The maximum absolute atomic E-state index is 12.7. The molecule has 24 heavy (non-hydrogen) atoms. The lowest BCUT2D eigenvalue weighted by molar-refractivity contribution is -0.148. The first-order valence-electron chi connectivity index (χ1n) is 6.98. The van der Waals surface area contributed by atoms with Crippen LogP contribution in [0.1, 0.15) is 6.42 Å². The van der Waals surface area contributed by atoms with Crippen LogP contribution in [-0.2, 0) is 9.59 Å². The van der Waals surface area contributed by atoms with E-state index in [1.807, 2.05) is 0 Å². The van der Waals surface area contributed by atoms with Crippen molar-refractivity contribution in [3.8, 4) is 5.88 Å². The number of carbonyl (C=O) groups is 2. The highest BCUT2D eigenvalue weighted by Gasteiger charge is 2.41. The first-order chi connectivity index (χ1) is 11.2. The van der Waals surface area contributed by atoms with Gasteiger partial charge in [0.2, 0.25) is 17.7 Å². The first kappa shape index (κ1) is 18.0. The fraction of sp³-hybridized carbons (Fsp3) is 0.500. The Morgan fingerprint density at radius 1 is 1.50 bits per heavy atom. The number of likely N-dealkylation sites (tertiary alicyclic amines) is 1. The van der Waals surface area contributed by atoms with E-state index in [1.54, 1.807) is 7.05 Å². The van der Waals surface area contributed by atoms with Crippen molar-refractivity contribution in [3.05, 3.63) is 18.3 Å². The lowest BCUT2D eigenvalue weighted by Gasteiger charge is -2.15. The lowest BCUT2D eigenvalue weighted by Crippen LogP contribution is -2.33. The van der Waals surface area contributed by atoms with Crippen molar-refractivity contribution in [2.75, 3.05) is 25.5 Å². The Labute approximate surface area is 134 Å². The van der Waals surface area contributed by atoms with Gasteiger partial charge < -0.3 is 15.0 Å². The second kappa shape index (κ2) is 7.02. The van der Waals surface area contributed by atoms with Gasteiger partial charge in [0.1, 0.15) is 0 Å². The largest absolute Gasteiger partial charge is 0.471 e. The highest BCUT2D eigenvalue weighted by Crippen LogP contribution is 2.24. The van der Waals surface area contributed by atoms with E-state index >= 15 is 0 Å². The number of nitrogens with zero attached hydrogens (tertiary/aromatic N) is 2. The molecule has 0 aliphatic carbocycles. The number of hydrogen-bond donors (Lipinski definition) is 1. The van der Waals surface area contributed by atoms with Crippen LogP contribution in [0.4, 0.5) is 23.2 Å². The Balaban J connectivity index is 1.88. The van der Waals surface area contributed by atoms with Gasteiger partial charge in [-0.1, -0.05) is 0 Å². The van der Waals surface area contributed by atoms with Gasteiger partial charge in [-0.25, -0.2) is 13.8 Å². The fourth-order valence-corrected chi connectivity index (χ4v) is 2.06. The summed E-state index contributed by atoms with van der Waals surface area (Å²) in [5, 5.41) is 2.54. The fourth-order valence-electron chi connectivity index (χ4n) is 2.06. The van der Waals surface area contributed by atoms with Crippen molar-refractivity contribution in [2.24, 2.45) is 5.92 Å². The molecule has 0 spiro atoms. The van der Waals surface area contributed by atoms with Crippen molar-refractivity contribution in [2.45, 2.75) is 18.8 Å². The third kappa shape index (κ3) is 4.33. The Hall–Kier alpha value is -2.39. The molecule has 1 aliphatic heterocycles. The smallest absolute Gasteiger partial charge is 0.340 e. The summed E-state index contributed by atoms with van der Waals surface area (Å²) in [5.41, 5.74) is 0.273.